The molecule has 6 rings (SSSR count). The van der Waals surface area contributed by atoms with Crippen molar-refractivity contribution in [3.05, 3.63) is 88.0 Å². The zero-order valence-electron chi connectivity index (χ0n) is 18.5. The molecule has 176 valence electrons. The van der Waals surface area contributed by atoms with Crippen molar-refractivity contribution < 1.29 is 23.8 Å². The number of benzene rings is 2. The Morgan fingerprint density at radius 1 is 1.03 bits per heavy atom. The molecule has 1 aliphatic carbocycles. The SMILES string of the molecule is O=C(O)c1nc2n(c1-c1ccc(Br)o1)CCN(C(=O)OCC1c3ccccc3-c3ccccc31)C2. The van der Waals surface area contributed by atoms with Gasteiger partial charge in [0, 0.05) is 19.0 Å². The van der Waals surface area contributed by atoms with Gasteiger partial charge < -0.3 is 18.8 Å². The highest BCUT2D eigenvalue weighted by Gasteiger charge is 2.33. The standard InChI is InChI=1S/C26H20BrN3O5/c27-21-10-9-20(35-21)24-23(25(31)32)28-22-13-29(11-12-30(22)24)26(33)34-14-19-17-7-3-1-5-15(17)16-6-2-4-8-18(16)19/h1-10,19H,11-14H2,(H,31,32). The number of aromatic carboxylic acids is 1. The van der Waals surface area contributed by atoms with Crippen LogP contribution in [0.3, 0.4) is 0 Å². The van der Waals surface area contributed by atoms with E-state index in [1.54, 1.807) is 21.6 Å². The van der Waals surface area contributed by atoms with E-state index >= 15 is 0 Å². The van der Waals surface area contributed by atoms with Crippen LogP contribution in [0.15, 0.2) is 69.8 Å². The van der Waals surface area contributed by atoms with Crippen LogP contribution in [0.1, 0.15) is 33.4 Å². The monoisotopic (exact) mass is 533 g/mol. The summed E-state index contributed by atoms with van der Waals surface area (Å²) in [6.07, 6.45) is -0.444. The second-order valence-corrected chi connectivity index (χ2v) is 9.29. The third-order valence-corrected chi connectivity index (χ3v) is 7.00. The van der Waals surface area contributed by atoms with Crippen molar-refractivity contribution in [2.24, 2.45) is 0 Å². The number of halogens is 1. The van der Waals surface area contributed by atoms with Crippen molar-refractivity contribution >= 4 is 28.0 Å². The molecule has 3 heterocycles. The van der Waals surface area contributed by atoms with Crippen LogP contribution in [0.2, 0.25) is 0 Å². The van der Waals surface area contributed by atoms with Gasteiger partial charge in [0.2, 0.25) is 0 Å². The fraction of sp³-hybridized carbons (Fsp3) is 0.192. The summed E-state index contributed by atoms with van der Waals surface area (Å²) in [5.41, 5.74) is 4.93. The number of amides is 1. The summed E-state index contributed by atoms with van der Waals surface area (Å²) in [6.45, 7) is 1.13. The number of furan rings is 1. The number of carbonyl (C=O) groups is 2. The van der Waals surface area contributed by atoms with Gasteiger partial charge in [-0.1, -0.05) is 48.5 Å². The molecular weight excluding hydrogens is 514 g/mol. The molecule has 0 spiro atoms. The van der Waals surface area contributed by atoms with Crippen molar-refractivity contribution in [3.63, 3.8) is 0 Å². The number of fused-ring (bicyclic) bond motifs is 4. The summed E-state index contributed by atoms with van der Waals surface area (Å²) >= 11 is 3.26. The van der Waals surface area contributed by atoms with Crippen LogP contribution < -0.4 is 0 Å². The largest absolute Gasteiger partial charge is 0.476 e. The number of carboxylic acids is 1. The average molecular weight is 534 g/mol. The number of aromatic nitrogens is 2. The lowest BCUT2D eigenvalue weighted by Gasteiger charge is -2.28. The van der Waals surface area contributed by atoms with Crippen molar-refractivity contribution in [2.75, 3.05) is 13.2 Å². The Kier molecular flexibility index (Phi) is 5.21. The minimum absolute atomic E-state index is 0.0271. The molecule has 2 aliphatic rings. The first-order chi connectivity index (χ1) is 17.0. The zero-order chi connectivity index (χ0) is 24.1. The summed E-state index contributed by atoms with van der Waals surface area (Å²) in [5, 5.41) is 9.69. The quantitative estimate of drug-likeness (QED) is 0.378. The maximum absolute atomic E-state index is 13.0. The highest BCUT2D eigenvalue weighted by Crippen LogP contribution is 2.44. The Morgan fingerprint density at radius 3 is 2.34 bits per heavy atom. The van der Waals surface area contributed by atoms with E-state index < -0.39 is 12.1 Å². The summed E-state index contributed by atoms with van der Waals surface area (Å²) in [7, 11) is 0. The van der Waals surface area contributed by atoms with Gasteiger partial charge in [0.1, 0.15) is 18.1 Å². The number of carboxylic acid groups (broad SMARTS) is 1. The van der Waals surface area contributed by atoms with E-state index in [0.29, 0.717) is 35.0 Å². The predicted octanol–water partition coefficient (Wildman–Crippen LogP) is 5.37. The smallest absolute Gasteiger partial charge is 0.410 e. The number of hydrogen-bond donors (Lipinski definition) is 1. The lowest BCUT2D eigenvalue weighted by Crippen LogP contribution is -2.39. The van der Waals surface area contributed by atoms with Gasteiger partial charge in [-0.2, -0.15) is 0 Å². The average Bonchev–Trinajstić information content (AvgIpc) is 3.55. The lowest BCUT2D eigenvalue weighted by atomic mass is 9.98. The number of carbonyl (C=O) groups excluding carboxylic acids is 1. The molecule has 0 bridgehead atoms. The van der Waals surface area contributed by atoms with Crippen molar-refractivity contribution in [3.8, 4) is 22.6 Å². The fourth-order valence-electron chi connectivity index (χ4n) is 5.01. The summed E-state index contributed by atoms with van der Waals surface area (Å²) < 4.78 is 13.7. The van der Waals surface area contributed by atoms with Crippen LogP contribution in [-0.2, 0) is 17.8 Å². The van der Waals surface area contributed by atoms with E-state index in [-0.39, 0.29) is 24.8 Å². The third-order valence-electron chi connectivity index (χ3n) is 6.58. The Labute approximate surface area is 208 Å². The molecule has 0 atom stereocenters. The molecule has 2 aromatic heterocycles. The van der Waals surface area contributed by atoms with Crippen LogP contribution >= 0.6 is 15.9 Å². The van der Waals surface area contributed by atoms with Crippen LogP contribution in [-0.4, -0.2) is 44.8 Å². The number of rotatable bonds is 4. The molecule has 8 nitrogen and oxygen atoms in total. The number of imidazole rings is 1. The molecule has 1 amide bonds. The summed E-state index contributed by atoms with van der Waals surface area (Å²) in [4.78, 5) is 30.7. The van der Waals surface area contributed by atoms with E-state index in [0.717, 1.165) is 11.1 Å². The fourth-order valence-corrected chi connectivity index (χ4v) is 5.32. The Balaban J connectivity index is 1.21. The molecule has 0 unspecified atom stereocenters. The normalized spacial score (nSPS) is 14.4. The van der Waals surface area contributed by atoms with Crippen LogP contribution in [0, 0.1) is 0 Å². The van der Waals surface area contributed by atoms with Crippen LogP contribution in [0.4, 0.5) is 4.79 Å². The predicted molar refractivity (Wildman–Crippen MR) is 130 cm³/mol. The van der Waals surface area contributed by atoms with E-state index in [9.17, 15) is 14.7 Å². The van der Waals surface area contributed by atoms with Gasteiger partial charge >= 0.3 is 12.1 Å². The molecular formula is C26H20BrN3O5. The molecule has 9 heteroatoms. The molecule has 0 fully saturated rings. The zero-order valence-corrected chi connectivity index (χ0v) is 20.1. The van der Waals surface area contributed by atoms with Gasteiger partial charge in [-0.25, -0.2) is 14.6 Å². The van der Waals surface area contributed by atoms with Crippen molar-refractivity contribution in [2.45, 2.75) is 19.0 Å². The number of nitrogens with zero attached hydrogens (tertiary/aromatic N) is 3. The second-order valence-electron chi connectivity index (χ2n) is 8.51. The summed E-state index contributed by atoms with van der Waals surface area (Å²) in [5.74, 6) is -0.296. The molecule has 1 N–H and O–H groups in total. The third kappa shape index (κ3) is 3.63. The van der Waals surface area contributed by atoms with E-state index in [1.165, 1.54) is 11.1 Å². The molecule has 1 aliphatic heterocycles. The minimum Gasteiger partial charge on any atom is -0.476 e. The van der Waals surface area contributed by atoms with Gasteiger partial charge in [-0.05, 0) is 50.3 Å². The first-order valence-electron chi connectivity index (χ1n) is 11.2. The topological polar surface area (TPSA) is 97.8 Å². The van der Waals surface area contributed by atoms with Gasteiger partial charge in [0.05, 0.1) is 6.54 Å². The van der Waals surface area contributed by atoms with Gasteiger partial charge in [0.15, 0.2) is 16.1 Å². The van der Waals surface area contributed by atoms with Crippen molar-refractivity contribution in [1.82, 2.24) is 14.5 Å². The van der Waals surface area contributed by atoms with Gasteiger partial charge in [-0.3, -0.25) is 4.90 Å². The highest BCUT2D eigenvalue weighted by molar-refractivity contribution is 9.10. The number of ether oxygens (including phenoxy) is 1. The molecule has 35 heavy (non-hydrogen) atoms. The highest BCUT2D eigenvalue weighted by atomic mass is 79.9. The Morgan fingerprint density at radius 2 is 1.71 bits per heavy atom. The minimum atomic E-state index is -1.15. The van der Waals surface area contributed by atoms with E-state index in [2.05, 4.69) is 45.2 Å². The maximum atomic E-state index is 13.0. The van der Waals surface area contributed by atoms with E-state index in [1.807, 2.05) is 24.3 Å². The molecule has 0 saturated heterocycles. The van der Waals surface area contributed by atoms with Crippen molar-refractivity contribution in [1.29, 1.82) is 0 Å². The lowest BCUT2D eigenvalue weighted by molar-refractivity contribution is 0.0691. The van der Waals surface area contributed by atoms with Gasteiger partial charge in [-0.15, -0.1) is 0 Å². The first kappa shape index (κ1) is 21.7. The molecule has 2 aromatic carbocycles. The Hall–Kier alpha value is -3.85. The second kappa shape index (κ2) is 8.42. The Bertz CT molecular complexity index is 1430. The van der Waals surface area contributed by atoms with Crippen LogP contribution in [0.25, 0.3) is 22.6 Å². The summed E-state index contributed by atoms with van der Waals surface area (Å²) in [6, 6.07) is 19.8. The van der Waals surface area contributed by atoms with Gasteiger partial charge in [0.25, 0.3) is 0 Å². The molecule has 4 aromatic rings. The van der Waals surface area contributed by atoms with Crippen LogP contribution in [0.5, 0.6) is 0 Å². The first-order valence-corrected chi connectivity index (χ1v) is 12.0. The number of hydrogen-bond acceptors (Lipinski definition) is 5. The molecule has 0 saturated carbocycles. The van der Waals surface area contributed by atoms with E-state index in [4.69, 9.17) is 9.15 Å². The maximum Gasteiger partial charge on any atom is 0.410 e. The molecule has 0 radical (unpaired) electrons.